The van der Waals surface area contributed by atoms with Crippen LogP contribution in [0.1, 0.15) is 15.9 Å². The third-order valence-electron chi connectivity index (χ3n) is 3.76. The molecular formula is C16H16N2O5S. The van der Waals surface area contributed by atoms with Crippen LogP contribution in [0.4, 0.5) is 5.69 Å². The SMILES string of the molecule is O=C(NO)c1ccc2c(c1)N(Cc1cccc(S(=O)O)c1)CCO2. The van der Waals surface area contributed by atoms with Gasteiger partial charge in [0.25, 0.3) is 5.91 Å². The molecule has 8 heteroatoms. The van der Waals surface area contributed by atoms with Gasteiger partial charge < -0.3 is 14.2 Å². The van der Waals surface area contributed by atoms with Gasteiger partial charge >= 0.3 is 0 Å². The molecule has 2 aromatic rings. The highest BCUT2D eigenvalue weighted by Gasteiger charge is 2.20. The van der Waals surface area contributed by atoms with Crippen LogP contribution in [0.25, 0.3) is 0 Å². The fraction of sp³-hybridized carbons (Fsp3) is 0.188. The first-order chi connectivity index (χ1) is 11.6. The summed E-state index contributed by atoms with van der Waals surface area (Å²) in [5.74, 6) is 0.0543. The minimum absolute atomic E-state index is 0.317. The Morgan fingerprint density at radius 3 is 2.88 bits per heavy atom. The maximum absolute atomic E-state index is 11.6. The Morgan fingerprint density at radius 2 is 2.12 bits per heavy atom. The minimum atomic E-state index is -2.03. The summed E-state index contributed by atoms with van der Waals surface area (Å²) in [6.45, 7) is 1.62. The van der Waals surface area contributed by atoms with Crippen molar-refractivity contribution in [1.29, 1.82) is 0 Å². The molecule has 24 heavy (non-hydrogen) atoms. The fourth-order valence-corrected chi connectivity index (χ4v) is 3.06. The highest BCUT2D eigenvalue weighted by Crippen LogP contribution is 2.33. The minimum Gasteiger partial charge on any atom is -0.490 e. The Morgan fingerprint density at radius 1 is 1.29 bits per heavy atom. The molecule has 1 aliphatic heterocycles. The average Bonchev–Trinajstić information content (AvgIpc) is 2.61. The first-order valence-electron chi connectivity index (χ1n) is 7.24. The van der Waals surface area contributed by atoms with E-state index in [1.165, 1.54) is 0 Å². The van der Waals surface area contributed by atoms with Crippen molar-refractivity contribution in [2.75, 3.05) is 18.1 Å². The quantitative estimate of drug-likeness (QED) is 0.443. The predicted octanol–water partition coefficient (Wildman–Crippen LogP) is 1.79. The molecule has 126 valence electrons. The van der Waals surface area contributed by atoms with Gasteiger partial charge in [0.15, 0.2) is 11.1 Å². The van der Waals surface area contributed by atoms with Gasteiger partial charge in [-0.15, -0.1) is 0 Å². The van der Waals surface area contributed by atoms with Gasteiger partial charge in [0.2, 0.25) is 0 Å². The second-order valence-corrected chi connectivity index (χ2v) is 6.26. The van der Waals surface area contributed by atoms with Crippen molar-refractivity contribution in [2.24, 2.45) is 0 Å². The molecule has 3 N–H and O–H groups in total. The Balaban J connectivity index is 1.90. The highest BCUT2D eigenvalue weighted by molar-refractivity contribution is 7.79. The zero-order chi connectivity index (χ0) is 17.1. The lowest BCUT2D eigenvalue weighted by Crippen LogP contribution is -2.32. The number of nitrogens with one attached hydrogen (secondary N) is 1. The molecule has 7 nitrogen and oxygen atoms in total. The van der Waals surface area contributed by atoms with Gasteiger partial charge in [-0.3, -0.25) is 10.0 Å². The van der Waals surface area contributed by atoms with Crippen molar-refractivity contribution in [2.45, 2.75) is 11.4 Å². The number of hydrogen-bond acceptors (Lipinski definition) is 5. The Hall–Kier alpha value is -2.42. The van der Waals surface area contributed by atoms with E-state index in [1.54, 1.807) is 41.9 Å². The molecule has 0 fully saturated rings. The summed E-state index contributed by atoms with van der Waals surface area (Å²) in [7, 11) is 0. The van der Waals surface area contributed by atoms with Crippen LogP contribution in [0.15, 0.2) is 47.4 Å². The van der Waals surface area contributed by atoms with E-state index in [-0.39, 0.29) is 0 Å². The number of carbonyl (C=O) groups excluding carboxylic acids is 1. The van der Waals surface area contributed by atoms with E-state index in [4.69, 9.17) is 9.94 Å². The van der Waals surface area contributed by atoms with Crippen molar-refractivity contribution in [3.8, 4) is 5.75 Å². The number of hydroxylamine groups is 1. The molecule has 2 aromatic carbocycles. The molecule has 1 unspecified atom stereocenters. The van der Waals surface area contributed by atoms with Crippen LogP contribution >= 0.6 is 0 Å². The summed E-state index contributed by atoms with van der Waals surface area (Å²) in [5.41, 5.74) is 3.54. The molecule has 0 radical (unpaired) electrons. The van der Waals surface area contributed by atoms with E-state index in [9.17, 15) is 13.6 Å². The van der Waals surface area contributed by atoms with Crippen LogP contribution in [0.5, 0.6) is 5.75 Å². The molecule has 3 rings (SSSR count). The molecule has 1 amide bonds. The van der Waals surface area contributed by atoms with Crippen molar-refractivity contribution < 1.29 is 23.5 Å². The van der Waals surface area contributed by atoms with Crippen LogP contribution < -0.4 is 15.1 Å². The maximum Gasteiger partial charge on any atom is 0.274 e. The predicted molar refractivity (Wildman–Crippen MR) is 87.7 cm³/mol. The summed E-state index contributed by atoms with van der Waals surface area (Å²) >= 11 is -2.03. The first-order valence-corrected chi connectivity index (χ1v) is 8.35. The van der Waals surface area contributed by atoms with E-state index < -0.39 is 17.0 Å². The van der Waals surface area contributed by atoms with Crippen LogP contribution in [-0.2, 0) is 17.6 Å². The summed E-state index contributed by atoms with van der Waals surface area (Å²) in [5, 5.41) is 8.78. The van der Waals surface area contributed by atoms with Crippen LogP contribution in [-0.4, -0.2) is 33.0 Å². The number of rotatable bonds is 4. The van der Waals surface area contributed by atoms with Crippen LogP contribution in [0.2, 0.25) is 0 Å². The van der Waals surface area contributed by atoms with E-state index in [1.807, 2.05) is 11.0 Å². The van der Waals surface area contributed by atoms with Crippen molar-refractivity contribution in [1.82, 2.24) is 5.48 Å². The van der Waals surface area contributed by atoms with Gasteiger partial charge in [0, 0.05) is 12.1 Å². The van der Waals surface area contributed by atoms with E-state index >= 15 is 0 Å². The number of hydrogen-bond donors (Lipinski definition) is 3. The Kier molecular flexibility index (Phi) is 4.79. The number of anilines is 1. The van der Waals surface area contributed by atoms with Gasteiger partial charge in [0.05, 0.1) is 17.1 Å². The van der Waals surface area contributed by atoms with E-state index in [2.05, 4.69) is 0 Å². The molecule has 0 saturated carbocycles. The smallest absolute Gasteiger partial charge is 0.274 e. The second kappa shape index (κ2) is 7.00. The van der Waals surface area contributed by atoms with E-state index in [0.717, 1.165) is 11.3 Å². The molecule has 0 aromatic heterocycles. The van der Waals surface area contributed by atoms with Crippen LogP contribution in [0, 0.1) is 0 Å². The number of nitrogens with zero attached hydrogens (tertiary/aromatic N) is 1. The number of ether oxygens (including phenoxy) is 1. The number of amides is 1. The summed E-state index contributed by atoms with van der Waals surface area (Å²) < 4.78 is 26.0. The standard InChI is InChI=1S/C16H16N2O5S/c19-16(17-20)12-4-5-15-14(9-12)18(6-7-23-15)10-11-2-1-3-13(8-11)24(21)22/h1-5,8-9,20H,6-7,10H2,(H,17,19)(H,21,22). The molecule has 0 aliphatic carbocycles. The third kappa shape index (κ3) is 3.40. The topological polar surface area (TPSA) is 99.1 Å². The fourth-order valence-electron chi connectivity index (χ4n) is 2.62. The monoisotopic (exact) mass is 348 g/mol. The van der Waals surface area contributed by atoms with E-state index in [0.29, 0.717) is 35.9 Å². The highest BCUT2D eigenvalue weighted by atomic mass is 32.2. The lowest BCUT2D eigenvalue weighted by atomic mass is 10.1. The molecular weight excluding hydrogens is 332 g/mol. The lowest BCUT2D eigenvalue weighted by molar-refractivity contribution is 0.0706. The third-order valence-corrected chi connectivity index (χ3v) is 4.41. The van der Waals surface area contributed by atoms with Gasteiger partial charge in [-0.2, -0.15) is 0 Å². The molecule has 1 aliphatic rings. The summed E-state index contributed by atoms with van der Waals surface area (Å²) in [6, 6.07) is 11.8. The van der Waals surface area contributed by atoms with Crippen molar-refractivity contribution >= 4 is 22.7 Å². The summed E-state index contributed by atoms with van der Waals surface area (Å²) in [6.07, 6.45) is 0. The summed E-state index contributed by atoms with van der Waals surface area (Å²) in [4.78, 5) is 14.0. The normalized spacial score (nSPS) is 14.5. The van der Waals surface area contributed by atoms with Gasteiger partial charge in [-0.25, -0.2) is 9.69 Å². The lowest BCUT2D eigenvalue weighted by Gasteiger charge is -2.31. The first kappa shape index (κ1) is 16.4. The molecule has 0 bridgehead atoms. The molecule has 1 heterocycles. The Labute approximate surface area is 141 Å². The van der Waals surface area contributed by atoms with Crippen molar-refractivity contribution in [3.05, 3.63) is 53.6 Å². The largest absolute Gasteiger partial charge is 0.490 e. The maximum atomic E-state index is 11.6. The van der Waals surface area contributed by atoms with Crippen LogP contribution in [0.3, 0.4) is 0 Å². The molecule has 0 saturated heterocycles. The number of benzene rings is 2. The Bertz CT molecular complexity index is 796. The molecule has 0 spiro atoms. The van der Waals surface area contributed by atoms with Gasteiger partial charge in [-0.1, -0.05) is 12.1 Å². The second-order valence-electron chi connectivity index (χ2n) is 5.29. The zero-order valence-electron chi connectivity index (χ0n) is 12.6. The van der Waals surface area contributed by atoms with Crippen molar-refractivity contribution in [3.63, 3.8) is 0 Å². The average molecular weight is 348 g/mol. The van der Waals surface area contributed by atoms with Gasteiger partial charge in [0.1, 0.15) is 12.4 Å². The molecule has 1 atom stereocenters. The number of carbonyl (C=O) groups is 1. The van der Waals surface area contributed by atoms with Gasteiger partial charge in [-0.05, 0) is 35.9 Å². The zero-order valence-corrected chi connectivity index (χ0v) is 13.5. The number of fused-ring (bicyclic) bond motifs is 1.